The fourth-order valence-corrected chi connectivity index (χ4v) is 1.95. The number of halogens is 4. The van der Waals surface area contributed by atoms with Gasteiger partial charge in [-0.2, -0.15) is 13.2 Å². The molecule has 0 spiro atoms. The van der Waals surface area contributed by atoms with Crippen molar-refractivity contribution >= 4 is 17.3 Å². The predicted octanol–water partition coefficient (Wildman–Crippen LogP) is 3.93. The summed E-state index contributed by atoms with van der Waals surface area (Å²) in [5.41, 5.74) is -1.38. The average Bonchev–Trinajstić information content (AvgIpc) is 2.48. The van der Waals surface area contributed by atoms with Crippen LogP contribution in [-0.4, -0.2) is 10.8 Å². The molecule has 0 heterocycles. The number of hydrogen-bond donors (Lipinski definition) is 1. The van der Waals surface area contributed by atoms with E-state index in [1.54, 1.807) is 0 Å². The summed E-state index contributed by atoms with van der Waals surface area (Å²) >= 11 is 0. The van der Waals surface area contributed by atoms with Gasteiger partial charge in [-0.1, -0.05) is 12.1 Å². The Kier molecular flexibility index (Phi) is 4.82. The van der Waals surface area contributed by atoms with Crippen molar-refractivity contribution in [1.82, 2.24) is 0 Å². The Hall–Kier alpha value is -2.97. The summed E-state index contributed by atoms with van der Waals surface area (Å²) < 4.78 is 51.0. The molecule has 0 aliphatic rings. The monoisotopic (exact) mass is 342 g/mol. The van der Waals surface area contributed by atoms with E-state index in [1.807, 2.05) is 0 Å². The van der Waals surface area contributed by atoms with Crippen molar-refractivity contribution in [1.29, 1.82) is 0 Å². The van der Waals surface area contributed by atoms with E-state index in [2.05, 4.69) is 5.32 Å². The lowest BCUT2D eigenvalue weighted by Gasteiger charge is -2.11. The highest BCUT2D eigenvalue weighted by molar-refractivity contribution is 5.92. The molecule has 1 amide bonds. The SMILES string of the molecule is O=C(Cc1ccc([N+](=O)[O-])cc1)Nc1ccc(F)c(C(F)(F)F)c1. The average molecular weight is 342 g/mol. The maximum Gasteiger partial charge on any atom is 0.419 e. The van der Waals surface area contributed by atoms with Gasteiger partial charge in [-0.25, -0.2) is 4.39 Å². The van der Waals surface area contributed by atoms with Crippen LogP contribution >= 0.6 is 0 Å². The molecule has 2 rings (SSSR count). The zero-order valence-corrected chi connectivity index (χ0v) is 11.9. The third kappa shape index (κ3) is 4.28. The van der Waals surface area contributed by atoms with Gasteiger partial charge in [0, 0.05) is 17.8 Å². The Morgan fingerprint density at radius 3 is 2.29 bits per heavy atom. The molecule has 0 atom stereocenters. The maximum atomic E-state index is 13.2. The molecule has 0 saturated carbocycles. The minimum atomic E-state index is -4.87. The van der Waals surface area contributed by atoms with E-state index >= 15 is 0 Å². The molecule has 1 N–H and O–H groups in total. The first kappa shape index (κ1) is 17.4. The topological polar surface area (TPSA) is 72.2 Å². The molecule has 2 aromatic carbocycles. The molecule has 0 unspecified atom stereocenters. The fourth-order valence-electron chi connectivity index (χ4n) is 1.95. The summed E-state index contributed by atoms with van der Waals surface area (Å²) in [5.74, 6) is -2.07. The lowest BCUT2D eigenvalue weighted by atomic mass is 10.1. The van der Waals surface area contributed by atoms with Crippen molar-refractivity contribution < 1.29 is 27.3 Å². The van der Waals surface area contributed by atoms with Crippen LogP contribution in [0.5, 0.6) is 0 Å². The Morgan fingerprint density at radius 1 is 1.12 bits per heavy atom. The molecule has 0 radical (unpaired) electrons. The van der Waals surface area contributed by atoms with Crippen LogP contribution in [0.1, 0.15) is 11.1 Å². The number of benzene rings is 2. The third-order valence-electron chi connectivity index (χ3n) is 3.07. The molecular weight excluding hydrogens is 332 g/mol. The van der Waals surface area contributed by atoms with Gasteiger partial charge in [0.1, 0.15) is 5.82 Å². The van der Waals surface area contributed by atoms with Gasteiger partial charge in [0.05, 0.1) is 16.9 Å². The van der Waals surface area contributed by atoms with E-state index < -0.39 is 28.4 Å². The van der Waals surface area contributed by atoms with E-state index in [4.69, 9.17) is 0 Å². The number of amides is 1. The third-order valence-corrected chi connectivity index (χ3v) is 3.07. The van der Waals surface area contributed by atoms with Gasteiger partial charge in [0.2, 0.25) is 5.91 Å². The van der Waals surface area contributed by atoms with Gasteiger partial charge in [-0.05, 0) is 23.8 Å². The Balaban J connectivity index is 2.08. The lowest BCUT2D eigenvalue weighted by molar-refractivity contribution is -0.384. The van der Waals surface area contributed by atoms with Crippen LogP contribution in [0.25, 0.3) is 0 Å². The molecule has 0 aliphatic carbocycles. The van der Waals surface area contributed by atoms with Crippen molar-refractivity contribution in [2.24, 2.45) is 0 Å². The second kappa shape index (κ2) is 6.65. The number of rotatable bonds is 4. The summed E-state index contributed by atoms with van der Waals surface area (Å²) in [6, 6.07) is 7.28. The Labute approximate surface area is 133 Å². The predicted molar refractivity (Wildman–Crippen MR) is 76.8 cm³/mol. The van der Waals surface area contributed by atoms with Crippen LogP contribution in [0, 0.1) is 15.9 Å². The minimum absolute atomic E-state index is 0.146. The number of nitro benzene ring substituents is 1. The summed E-state index contributed by atoms with van der Waals surface area (Å²) in [6.45, 7) is 0. The van der Waals surface area contributed by atoms with Gasteiger partial charge in [0.25, 0.3) is 5.69 Å². The first-order valence-corrected chi connectivity index (χ1v) is 6.57. The zero-order chi connectivity index (χ0) is 17.9. The highest BCUT2D eigenvalue weighted by atomic mass is 19.4. The molecule has 0 fully saturated rings. The van der Waals surface area contributed by atoms with Gasteiger partial charge in [-0.3, -0.25) is 14.9 Å². The quantitative estimate of drug-likeness (QED) is 0.520. The largest absolute Gasteiger partial charge is 0.419 e. The van der Waals surface area contributed by atoms with E-state index in [9.17, 15) is 32.5 Å². The highest BCUT2D eigenvalue weighted by Crippen LogP contribution is 2.33. The van der Waals surface area contributed by atoms with Crippen LogP contribution < -0.4 is 5.32 Å². The molecule has 0 bridgehead atoms. The first-order chi connectivity index (χ1) is 11.2. The molecule has 2 aromatic rings. The first-order valence-electron chi connectivity index (χ1n) is 6.57. The smallest absolute Gasteiger partial charge is 0.326 e. The van der Waals surface area contributed by atoms with E-state index in [1.165, 1.54) is 24.3 Å². The number of alkyl halides is 3. The molecule has 0 aliphatic heterocycles. The van der Waals surface area contributed by atoms with Crippen molar-refractivity contribution in [2.45, 2.75) is 12.6 Å². The number of anilines is 1. The highest BCUT2D eigenvalue weighted by Gasteiger charge is 2.34. The summed E-state index contributed by atoms with van der Waals surface area (Å²) in [5, 5.41) is 12.7. The van der Waals surface area contributed by atoms with Crippen molar-refractivity contribution in [3.8, 4) is 0 Å². The van der Waals surface area contributed by atoms with Crippen molar-refractivity contribution in [3.63, 3.8) is 0 Å². The maximum absolute atomic E-state index is 13.2. The van der Waals surface area contributed by atoms with Crippen LogP contribution in [0.15, 0.2) is 42.5 Å². The lowest BCUT2D eigenvalue weighted by Crippen LogP contribution is -2.16. The summed E-state index contributed by atoms with van der Waals surface area (Å²) in [7, 11) is 0. The summed E-state index contributed by atoms with van der Waals surface area (Å²) in [4.78, 5) is 21.8. The molecular formula is C15H10F4N2O3. The van der Waals surface area contributed by atoms with Crippen LogP contribution in [-0.2, 0) is 17.4 Å². The van der Waals surface area contributed by atoms with Crippen molar-refractivity contribution in [3.05, 3.63) is 69.5 Å². The molecule has 5 nitrogen and oxygen atoms in total. The van der Waals surface area contributed by atoms with Crippen LogP contribution in [0.3, 0.4) is 0 Å². The number of hydrogen-bond acceptors (Lipinski definition) is 3. The standard InChI is InChI=1S/C15H10F4N2O3/c16-13-6-3-10(8-12(13)15(17,18)19)20-14(22)7-9-1-4-11(5-2-9)21(23)24/h1-6,8H,7H2,(H,20,22). The van der Waals surface area contributed by atoms with Gasteiger partial charge >= 0.3 is 6.18 Å². The fraction of sp³-hybridized carbons (Fsp3) is 0.133. The number of carbonyl (C=O) groups is 1. The van der Waals surface area contributed by atoms with Gasteiger partial charge in [0.15, 0.2) is 0 Å². The van der Waals surface area contributed by atoms with E-state index in [-0.39, 0.29) is 17.8 Å². The summed E-state index contributed by atoms with van der Waals surface area (Å²) in [6.07, 6.45) is -5.07. The minimum Gasteiger partial charge on any atom is -0.326 e. The van der Waals surface area contributed by atoms with E-state index in [0.717, 1.165) is 6.07 Å². The number of nitro groups is 1. The van der Waals surface area contributed by atoms with E-state index in [0.29, 0.717) is 17.7 Å². The molecule has 126 valence electrons. The van der Waals surface area contributed by atoms with Crippen LogP contribution in [0.2, 0.25) is 0 Å². The molecule has 0 aromatic heterocycles. The zero-order valence-electron chi connectivity index (χ0n) is 11.9. The number of nitrogens with zero attached hydrogens (tertiary/aromatic N) is 1. The number of non-ortho nitro benzene ring substituents is 1. The number of carbonyl (C=O) groups excluding carboxylic acids is 1. The van der Waals surface area contributed by atoms with Gasteiger partial charge in [-0.15, -0.1) is 0 Å². The normalized spacial score (nSPS) is 11.2. The Bertz CT molecular complexity index is 773. The van der Waals surface area contributed by atoms with Gasteiger partial charge < -0.3 is 5.32 Å². The second-order valence-electron chi connectivity index (χ2n) is 4.84. The van der Waals surface area contributed by atoms with Crippen molar-refractivity contribution in [2.75, 3.05) is 5.32 Å². The molecule has 9 heteroatoms. The number of nitrogens with one attached hydrogen (secondary N) is 1. The molecule has 0 saturated heterocycles. The Morgan fingerprint density at radius 2 is 1.75 bits per heavy atom. The molecule has 24 heavy (non-hydrogen) atoms. The second-order valence-corrected chi connectivity index (χ2v) is 4.84. The van der Waals surface area contributed by atoms with Crippen LogP contribution in [0.4, 0.5) is 28.9 Å².